The summed E-state index contributed by atoms with van der Waals surface area (Å²) in [5.41, 5.74) is 4.09. The average molecular weight is 391 g/mol. The van der Waals surface area contributed by atoms with Gasteiger partial charge in [0.1, 0.15) is 5.82 Å². The van der Waals surface area contributed by atoms with Crippen LogP contribution in [0.4, 0.5) is 10.1 Å². The molecule has 1 N–H and O–H groups in total. The number of nitrogens with zero attached hydrogens (tertiary/aromatic N) is 2. The number of aromatic nitrogens is 1. The highest BCUT2D eigenvalue weighted by Crippen LogP contribution is 2.29. The molecule has 1 saturated heterocycles. The number of amides is 1. The lowest BCUT2D eigenvalue weighted by Gasteiger charge is -2.34. The van der Waals surface area contributed by atoms with E-state index in [2.05, 4.69) is 15.2 Å². The Morgan fingerprint density at radius 1 is 1.14 bits per heavy atom. The number of hydrogen-bond acceptors (Lipinski definition) is 3. The van der Waals surface area contributed by atoms with E-state index in [-0.39, 0.29) is 11.7 Å². The Hall–Kier alpha value is -2.95. The maximum absolute atomic E-state index is 13.7. The lowest BCUT2D eigenvalue weighted by Crippen LogP contribution is -2.39. The molecule has 4 rings (SSSR count). The fraction of sp³-hybridized carbons (Fsp3) is 0.333. The summed E-state index contributed by atoms with van der Waals surface area (Å²) >= 11 is 0. The van der Waals surface area contributed by atoms with Gasteiger partial charge in [0.05, 0.1) is 11.9 Å². The molecule has 0 bridgehead atoms. The molecule has 1 aromatic heterocycles. The molecule has 0 aliphatic carbocycles. The van der Waals surface area contributed by atoms with Gasteiger partial charge in [-0.2, -0.15) is 0 Å². The lowest BCUT2D eigenvalue weighted by atomic mass is 9.96. The number of carbonyl (C=O) groups excluding carboxylic acids is 1. The molecule has 0 saturated carbocycles. The van der Waals surface area contributed by atoms with E-state index in [1.54, 1.807) is 18.3 Å². The Balaban J connectivity index is 1.30. The number of halogens is 1. The molecule has 1 aliphatic rings. The molecule has 1 aliphatic heterocycles. The van der Waals surface area contributed by atoms with Crippen molar-refractivity contribution in [1.82, 2.24) is 10.3 Å². The maximum Gasteiger partial charge on any atom is 0.224 e. The molecule has 29 heavy (non-hydrogen) atoms. The quantitative estimate of drug-likeness (QED) is 0.707. The third-order valence-electron chi connectivity index (χ3n) is 5.71. The highest BCUT2D eigenvalue weighted by atomic mass is 19.1. The molecular weight excluding hydrogens is 365 g/mol. The number of carbonyl (C=O) groups is 1. The fourth-order valence-electron chi connectivity index (χ4n) is 3.97. The third kappa shape index (κ3) is 4.73. The first-order valence-corrected chi connectivity index (χ1v) is 10.2. The number of anilines is 1. The van der Waals surface area contributed by atoms with E-state index in [1.165, 1.54) is 11.6 Å². The van der Waals surface area contributed by atoms with Gasteiger partial charge in [-0.25, -0.2) is 4.39 Å². The first kappa shape index (κ1) is 19.4. The average Bonchev–Trinajstić information content (AvgIpc) is 2.74. The van der Waals surface area contributed by atoms with Crippen LogP contribution in [0, 0.1) is 18.7 Å². The fourth-order valence-corrected chi connectivity index (χ4v) is 3.97. The summed E-state index contributed by atoms with van der Waals surface area (Å²) in [6.07, 6.45) is 4.22. The second kappa shape index (κ2) is 8.60. The predicted molar refractivity (Wildman–Crippen MR) is 115 cm³/mol. The molecule has 5 heteroatoms. The third-order valence-corrected chi connectivity index (χ3v) is 5.71. The molecule has 150 valence electrons. The van der Waals surface area contributed by atoms with Gasteiger partial charge in [-0.05, 0) is 55.5 Å². The molecule has 1 fully saturated rings. The standard InChI is InChI=1S/C24H26FN3O/c1-17-2-4-18(5-3-17)14-24(29)27-16-19-9-12-28(13-10-19)23-8-11-26-22-7-6-20(25)15-21(22)23/h2-8,11,15,19H,9-10,12-14,16H2,1H3,(H,27,29). The van der Waals surface area contributed by atoms with Crippen LogP contribution in [0.25, 0.3) is 10.9 Å². The Morgan fingerprint density at radius 3 is 2.66 bits per heavy atom. The first-order chi connectivity index (χ1) is 14.1. The van der Waals surface area contributed by atoms with Crippen molar-refractivity contribution in [3.63, 3.8) is 0 Å². The SMILES string of the molecule is Cc1ccc(CC(=O)NCC2CCN(c3ccnc4ccc(F)cc34)CC2)cc1. The van der Waals surface area contributed by atoms with Crippen molar-refractivity contribution < 1.29 is 9.18 Å². The van der Waals surface area contributed by atoms with Crippen molar-refractivity contribution >= 4 is 22.5 Å². The number of hydrogen-bond donors (Lipinski definition) is 1. The van der Waals surface area contributed by atoms with Crippen LogP contribution in [0.5, 0.6) is 0 Å². The highest BCUT2D eigenvalue weighted by molar-refractivity contribution is 5.91. The molecule has 2 heterocycles. The van der Waals surface area contributed by atoms with Crippen LogP contribution < -0.4 is 10.2 Å². The monoisotopic (exact) mass is 391 g/mol. The molecular formula is C24H26FN3O. The van der Waals surface area contributed by atoms with Crippen molar-refractivity contribution in [2.75, 3.05) is 24.5 Å². The second-order valence-corrected chi connectivity index (χ2v) is 7.89. The minimum Gasteiger partial charge on any atom is -0.371 e. The zero-order chi connectivity index (χ0) is 20.2. The van der Waals surface area contributed by atoms with E-state index in [9.17, 15) is 9.18 Å². The summed E-state index contributed by atoms with van der Waals surface area (Å²) in [6.45, 7) is 4.55. The van der Waals surface area contributed by atoms with Crippen molar-refractivity contribution in [3.8, 4) is 0 Å². The van der Waals surface area contributed by atoms with Crippen LogP contribution in [0.2, 0.25) is 0 Å². The molecule has 4 nitrogen and oxygen atoms in total. The Morgan fingerprint density at radius 2 is 1.90 bits per heavy atom. The molecule has 0 atom stereocenters. The van der Waals surface area contributed by atoms with Gasteiger partial charge in [-0.15, -0.1) is 0 Å². The number of rotatable bonds is 5. The van der Waals surface area contributed by atoms with E-state index in [1.807, 2.05) is 37.3 Å². The Labute approximate surface area is 170 Å². The van der Waals surface area contributed by atoms with Gasteiger partial charge in [-0.3, -0.25) is 9.78 Å². The Kier molecular flexibility index (Phi) is 5.74. The maximum atomic E-state index is 13.7. The molecule has 0 spiro atoms. The Bertz CT molecular complexity index is 995. The number of benzene rings is 2. The molecule has 0 unspecified atom stereocenters. The summed E-state index contributed by atoms with van der Waals surface area (Å²) in [5.74, 6) is 0.308. The summed E-state index contributed by atoms with van der Waals surface area (Å²) < 4.78 is 13.7. The number of piperidine rings is 1. The number of pyridine rings is 1. The minimum atomic E-state index is -0.238. The van der Waals surface area contributed by atoms with E-state index in [0.717, 1.165) is 48.1 Å². The predicted octanol–water partition coefficient (Wildman–Crippen LogP) is 4.26. The highest BCUT2D eigenvalue weighted by Gasteiger charge is 2.21. The largest absolute Gasteiger partial charge is 0.371 e. The van der Waals surface area contributed by atoms with Crippen LogP contribution in [0.3, 0.4) is 0 Å². The normalized spacial score (nSPS) is 14.9. The van der Waals surface area contributed by atoms with Crippen molar-refractivity contribution in [2.45, 2.75) is 26.2 Å². The molecule has 3 aromatic rings. The zero-order valence-corrected chi connectivity index (χ0v) is 16.7. The van der Waals surface area contributed by atoms with Crippen molar-refractivity contribution in [2.24, 2.45) is 5.92 Å². The summed E-state index contributed by atoms with van der Waals surface area (Å²) in [6, 6.07) is 14.8. The van der Waals surface area contributed by atoms with Gasteiger partial charge in [0, 0.05) is 36.9 Å². The number of fused-ring (bicyclic) bond motifs is 1. The summed E-state index contributed by atoms with van der Waals surface area (Å²) in [7, 11) is 0. The summed E-state index contributed by atoms with van der Waals surface area (Å²) in [4.78, 5) is 18.9. The van der Waals surface area contributed by atoms with Gasteiger partial charge in [0.25, 0.3) is 0 Å². The van der Waals surface area contributed by atoms with Crippen LogP contribution in [-0.2, 0) is 11.2 Å². The van der Waals surface area contributed by atoms with Crippen LogP contribution >= 0.6 is 0 Å². The molecule has 2 aromatic carbocycles. The van der Waals surface area contributed by atoms with E-state index >= 15 is 0 Å². The van der Waals surface area contributed by atoms with Crippen LogP contribution in [-0.4, -0.2) is 30.5 Å². The van der Waals surface area contributed by atoms with E-state index in [4.69, 9.17) is 0 Å². The van der Waals surface area contributed by atoms with Gasteiger partial charge in [-0.1, -0.05) is 29.8 Å². The van der Waals surface area contributed by atoms with Gasteiger partial charge >= 0.3 is 0 Å². The van der Waals surface area contributed by atoms with Gasteiger partial charge in [0.2, 0.25) is 5.91 Å². The molecule has 1 amide bonds. The van der Waals surface area contributed by atoms with Gasteiger partial charge < -0.3 is 10.2 Å². The number of aryl methyl sites for hydroxylation is 1. The van der Waals surface area contributed by atoms with Crippen molar-refractivity contribution in [1.29, 1.82) is 0 Å². The first-order valence-electron chi connectivity index (χ1n) is 10.2. The van der Waals surface area contributed by atoms with Crippen LogP contribution in [0.1, 0.15) is 24.0 Å². The number of nitrogens with one attached hydrogen (secondary N) is 1. The van der Waals surface area contributed by atoms with E-state index in [0.29, 0.717) is 18.9 Å². The van der Waals surface area contributed by atoms with E-state index < -0.39 is 0 Å². The second-order valence-electron chi connectivity index (χ2n) is 7.89. The van der Waals surface area contributed by atoms with Gasteiger partial charge in [0.15, 0.2) is 0 Å². The van der Waals surface area contributed by atoms with Crippen LogP contribution in [0.15, 0.2) is 54.7 Å². The minimum absolute atomic E-state index is 0.0758. The topological polar surface area (TPSA) is 45.2 Å². The van der Waals surface area contributed by atoms with Crippen molar-refractivity contribution in [3.05, 3.63) is 71.7 Å². The lowest BCUT2D eigenvalue weighted by molar-refractivity contribution is -0.120. The molecule has 0 radical (unpaired) electrons. The zero-order valence-electron chi connectivity index (χ0n) is 16.7. The smallest absolute Gasteiger partial charge is 0.224 e. The summed E-state index contributed by atoms with van der Waals surface area (Å²) in [5, 5.41) is 3.95.